The lowest BCUT2D eigenvalue weighted by Gasteiger charge is -2.37. The second-order valence-corrected chi connectivity index (χ2v) is 30.8. The number of rotatable bonds is 15. The largest absolute Gasteiger partial charge is 0.446 e. The summed E-state index contributed by atoms with van der Waals surface area (Å²) in [6, 6.07) is -2.30. The molecule has 452 valence electrons. The standard InChI is InChI=1S/C57H96N10O11S2/c1-35-9-12-42(31-50(35)58-34-68)63-53(69)59-38-15-23-46(24-16-38)79(74,75)47-25-17-39(18-26-47)60-54(70)64-43-13-10-36(2)51(32-43)66-56(72)62-41-21-29-49(30-22-41)80(76,77)48-27-19-40(20-28-48)61-55(71)65-44-14-11-37(3)52(33-44)67-57(73)78-45-7-5-4-6-8-45/h35-52H,4-33H2,1-3H3,(H,67,73)(H2,59,63,69)(H2,60,64,70)(H2,61,65,71)(H2,62,66,72). The van der Waals surface area contributed by atoms with Crippen molar-refractivity contribution in [2.45, 2.75) is 301 Å². The number of aliphatic imine (C=N–C) groups is 1. The molecule has 0 aliphatic heterocycles. The van der Waals surface area contributed by atoms with Gasteiger partial charge in [0.1, 0.15) is 6.10 Å². The first-order valence-electron chi connectivity index (χ1n) is 31.1. The highest BCUT2D eigenvalue weighted by Gasteiger charge is 2.42. The molecule has 0 aromatic heterocycles. The first-order chi connectivity index (χ1) is 38.3. The molecule has 23 heteroatoms. The summed E-state index contributed by atoms with van der Waals surface area (Å²) in [6.07, 6.45) is 21.7. The van der Waals surface area contributed by atoms with Gasteiger partial charge in [0.05, 0.1) is 27.0 Å². The van der Waals surface area contributed by atoms with Crippen molar-refractivity contribution in [3.05, 3.63) is 0 Å². The summed E-state index contributed by atoms with van der Waals surface area (Å²) in [5.74, 6) is 0.739. The molecule has 9 atom stereocenters. The molecule has 0 radical (unpaired) electrons. The summed E-state index contributed by atoms with van der Waals surface area (Å²) in [7, 11) is -6.80. The van der Waals surface area contributed by atoms with Crippen molar-refractivity contribution >= 4 is 56.0 Å². The van der Waals surface area contributed by atoms with Crippen molar-refractivity contribution in [2.24, 2.45) is 22.7 Å². The second kappa shape index (κ2) is 28.7. The van der Waals surface area contributed by atoms with E-state index in [1.165, 1.54) is 6.42 Å². The first kappa shape index (κ1) is 61.7. The van der Waals surface area contributed by atoms with Gasteiger partial charge in [-0.25, -0.2) is 50.6 Å². The molecule has 8 aliphatic rings. The Morgan fingerprint density at radius 3 is 1.06 bits per heavy atom. The van der Waals surface area contributed by atoms with Crippen LogP contribution in [0.5, 0.6) is 0 Å². The van der Waals surface area contributed by atoms with E-state index in [0.29, 0.717) is 122 Å². The smallest absolute Gasteiger partial charge is 0.407 e. The van der Waals surface area contributed by atoms with Crippen LogP contribution in [0.15, 0.2) is 4.99 Å². The minimum Gasteiger partial charge on any atom is -0.446 e. The van der Waals surface area contributed by atoms with Gasteiger partial charge in [-0.3, -0.25) is 0 Å². The summed E-state index contributed by atoms with van der Waals surface area (Å²) in [6.45, 7) is 6.26. The van der Waals surface area contributed by atoms with Gasteiger partial charge in [-0.05, 0) is 204 Å². The fraction of sp³-hybridized carbons (Fsp3) is 0.895. The van der Waals surface area contributed by atoms with Gasteiger partial charge in [0.25, 0.3) is 0 Å². The first-order valence-corrected chi connectivity index (χ1v) is 34.3. The molecule has 9 amide bonds. The van der Waals surface area contributed by atoms with Crippen LogP contribution in [0.1, 0.15) is 213 Å². The maximum atomic E-state index is 13.9. The zero-order valence-corrected chi connectivity index (χ0v) is 49.5. The van der Waals surface area contributed by atoms with Crippen molar-refractivity contribution in [1.82, 2.24) is 47.9 Å². The fourth-order valence-electron chi connectivity index (χ4n) is 14.8. The van der Waals surface area contributed by atoms with Crippen LogP contribution in [0.4, 0.5) is 24.0 Å². The molecule has 0 heterocycles. The molecule has 8 saturated carbocycles. The van der Waals surface area contributed by atoms with E-state index in [2.05, 4.69) is 73.6 Å². The Morgan fingerprint density at radius 2 is 0.688 bits per heavy atom. The zero-order valence-electron chi connectivity index (χ0n) is 47.9. The van der Waals surface area contributed by atoms with Gasteiger partial charge in [0.2, 0.25) is 6.08 Å². The summed E-state index contributed by atoms with van der Waals surface area (Å²) < 4.78 is 61.1. The van der Waals surface area contributed by atoms with E-state index >= 15 is 0 Å². The highest BCUT2D eigenvalue weighted by atomic mass is 32.2. The van der Waals surface area contributed by atoms with Crippen LogP contribution in [-0.2, 0) is 29.2 Å². The van der Waals surface area contributed by atoms with Gasteiger partial charge >= 0.3 is 30.2 Å². The summed E-state index contributed by atoms with van der Waals surface area (Å²) >= 11 is 0. The molecule has 8 fully saturated rings. The number of alkyl carbamates (subject to hydrolysis) is 1. The number of hydrogen-bond donors (Lipinski definition) is 9. The van der Waals surface area contributed by atoms with Crippen LogP contribution in [0.3, 0.4) is 0 Å². The Labute approximate surface area is 475 Å². The molecule has 0 aromatic carbocycles. The highest BCUT2D eigenvalue weighted by molar-refractivity contribution is 7.92. The molecule has 9 N–H and O–H groups in total. The molecule has 80 heavy (non-hydrogen) atoms. The van der Waals surface area contributed by atoms with Crippen molar-refractivity contribution in [3.63, 3.8) is 0 Å². The molecule has 0 aromatic rings. The lowest BCUT2D eigenvalue weighted by atomic mass is 9.83. The van der Waals surface area contributed by atoms with Crippen LogP contribution in [0.25, 0.3) is 0 Å². The number of nitrogens with one attached hydrogen (secondary N) is 9. The third-order valence-corrected chi connectivity index (χ3v) is 25.7. The van der Waals surface area contributed by atoms with Crippen LogP contribution in [0.2, 0.25) is 0 Å². The Hall–Kier alpha value is -4.37. The monoisotopic (exact) mass is 1160 g/mol. The molecule has 8 rings (SSSR count). The van der Waals surface area contributed by atoms with Gasteiger partial charge in [-0.2, -0.15) is 0 Å². The van der Waals surface area contributed by atoms with Crippen molar-refractivity contribution in [3.8, 4) is 0 Å². The molecule has 0 saturated heterocycles. The van der Waals surface area contributed by atoms with Gasteiger partial charge in [0.15, 0.2) is 19.7 Å². The van der Waals surface area contributed by atoms with Crippen molar-refractivity contribution in [2.75, 3.05) is 0 Å². The van der Waals surface area contributed by atoms with E-state index in [0.717, 1.165) is 64.2 Å². The number of hydrogen-bond acceptors (Lipinski definition) is 12. The quantitative estimate of drug-likeness (QED) is 0.0578. The maximum absolute atomic E-state index is 13.9. The van der Waals surface area contributed by atoms with E-state index in [-0.39, 0.29) is 114 Å². The van der Waals surface area contributed by atoms with E-state index in [1.54, 1.807) is 6.08 Å². The lowest BCUT2D eigenvalue weighted by Crippen LogP contribution is -2.55. The van der Waals surface area contributed by atoms with Gasteiger partial charge < -0.3 is 52.6 Å². The Kier molecular flexibility index (Phi) is 22.2. The topological polar surface area (TPSA) is 301 Å². The summed E-state index contributed by atoms with van der Waals surface area (Å²) in [5.41, 5.74) is 0. The number of amides is 9. The average Bonchev–Trinajstić information content (AvgIpc) is 3.42. The van der Waals surface area contributed by atoms with E-state index in [1.807, 2.05) is 0 Å². The van der Waals surface area contributed by atoms with Crippen LogP contribution in [-0.4, -0.2) is 141 Å². The number of sulfone groups is 2. The molecule has 0 bridgehead atoms. The zero-order chi connectivity index (χ0) is 57.0. The minimum absolute atomic E-state index is 0.0183. The fourth-order valence-corrected chi connectivity index (χ4v) is 19.6. The number of isocyanates is 1. The van der Waals surface area contributed by atoms with E-state index in [9.17, 15) is 45.6 Å². The molecule has 21 nitrogen and oxygen atoms in total. The normalized spacial score (nSPS) is 36.5. The van der Waals surface area contributed by atoms with E-state index in [4.69, 9.17) is 4.74 Å². The molecule has 9 unspecified atom stereocenters. The molecule has 8 aliphatic carbocycles. The molecular weight excluding hydrogens is 1060 g/mol. The third kappa shape index (κ3) is 17.3. The minimum atomic E-state index is -3.41. The number of carbonyl (C=O) groups excluding carboxylic acids is 6. The molecular formula is C57H96N10O11S2. The lowest BCUT2D eigenvalue weighted by molar-refractivity contribution is 0.0683. The van der Waals surface area contributed by atoms with Crippen LogP contribution < -0.4 is 47.9 Å². The second-order valence-electron chi connectivity index (χ2n) is 25.8. The van der Waals surface area contributed by atoms with Crippen molar-refractivity contribution in [1.29, 1.82) is 0 Å². The Balaban J connectivity index is 0.672. The van der Waals surface area contributed by atoms with Gasteiger partial charge in [-0.15, -0.1) is 0 Å². The molecule has 0 spiro atoms. The maximum Gasteiger partial charge on any atom is 0.407 e. The average molecular weight is 1160 g/mol. The Bertz CT molecular complexity index is 2360. The number of ether oxygens (including phenoxy) is 1. The highest BCUT2D eigenvalue weighted by Crippen LogP contribution is 2.36. The Morgan fingerprint density at radius 1 is 0.375 bits per heavy atom. The number of carbonyl (C=O) groups is 5. The van der Waals surface area contributed by atoms with Crippen molar-refractivity contribution < 1.29 is 50.3 Å². The summed E-state index contributed by atoms with van der Waals surface area (Å²) in [4.78, 5) is 80.0. The summed E-state index contributed by atoms with van der Waals surface area (Å²) in [5, 5.41) is 26.0. The van der Waals surface area contributed by atoms with Gasteiger partial charge in [0, 0.05) is 54.4 Å². The van der Waals surface area contributed by atoms with E-state index < -0.39 is 40.7 Å². The van der Waals surface area contributed by atoms with Crippen LogP contribution >= 0.6 is 0 Å². The van der Waals surface area contributed by atoms with Gasteiger partial charge in [-0.1, -0.05) is 27.2 Å². The number of nitrogens with zero attached hydrogens (tertiary/aromatic N) is 1. The SMILES string of the molecule is CC1CCC(NC(=O)NC2CCC(S(=O)(=O)C3CCC(NC(=O)NC4CCC(C)C(NC(=O)NC5CCC(S(=O)(=O)C6CCC(NC(=O)NC7CCC(C)C(NC(=O)OC8CCCCC8)C7)CC6)CC5)C4)CC3)CC2)CC1N=C=O. The predicted molar refractivity (Wildman–Crippen MR) is 305 cm³/mol. The number of urea groups is 4. The third-order valence-electron chi connectivity index (χ3n) is 20.1. The predicted octanol–water partition coefficient (Wildman–Crippen LogP) is 7.32. The van der Waals surface area contributed by atoms with Crippen LogP contribution in [0, 0.1) is 17.8 Å².